The third-order valence-corrected chi connectivity index (χ3v) is 4.29. The first-order valence-corrected chi connectivity index (χ1v) is 7.49. The van der Waals surface area contributed by atoms with E-state index in [1.807, 2.05) is 0 Å². The summed E-state index contributed by atoms with van der Waals surface area (Å²) in [5, 5.41) is 0.957. The molecule has 0 bridgehead atoms. The molecule has 102 valence electrons. The van der Waals surface area contributed by atoms with E-state index in [4.69, 9.17) is 11.6 Å². The highest BCUT2D eigenvalue weighted by Gasteiger charge is 2.19. The highest BCUT2D eigenvalue weighted by molar-refractivity contribution is 7.93. The van der Waals surface area contributed by atoms with Crippen molar-refractivity contribution in [2.24, 2.45) is 0 Å². The lowest BCUT2D eigenvalue weighted by molar-refractivity contribution is 0.602. The van der Waals surface area contributed by atoms with E-state index in [-0.39, 0.29) is 10.7 Å². The fourth-order valence-electron chi connectivity index (χ4n) is 1.78. The van der Waals surface area contributed by atoms with Gasteiger partial charge in [0.1, 0.15) is 16.4 Å². The van der Waals surface area contributed by atoms with E-state index in [0.29, 0.717) is 16.1 Å². The molecule has 2 N–H and O–H groups in total. The number of hydrogen-bond acceptors (Lipinski definition) is 4. The van der Waals surface area contributed by atoms with Crippen LogP contribution in [0.25, 0.3) is 11.0 Å². The summed E-state index contributed by atoms with van der Waals surface area (Å²) in [7, 11) is -3.74. The van der Waals surface area contributed by atoms with Crippen LogP contribution in [-0.2, 0) is 10.0 Å². The fraction of sp³-hybridized carbons (Fsp3) is 0. The van der Waals surface area contributed by atoms with Gasteiger partial charge < -0.3 is 4.98 Å². The Morgan fingerprint density at radius 2 is 2.05 bits per heavy atom. The summed E-state index contributed by atoms with van der Waals surface area (Å²) in [4.78, 5) is 10.9. The van der Waals surface area contributed by atoms with Crippen LogP contribution in [0.1, 0.15) is 0 Å². The minimum atomic E-state index is -3.74. The number of H-pyrrole nitrogens is 1. The number of aromatic amines is 1. The molecule has 0 atom stereocenters. The number of aromatic nitrogens is 3. The third kappa shape index (κ3) is 2.33. The van der Waals surface area contributed by atoms with E-state index in [9.17, 15) is 8.42 Å². The Kier molecular flexibility index (Phi) is 3.07. The van der Waals surface area contributed by atoms with Crippen LogP contribution in [0.3, 0.4) is 0 Å². The summed E-state index contributed by atoms with van der Waals surface area (Å²) in [5.41, 5.74) is 0.511. The molecule has 0 saturated heterocycles. The van der Waals surface area contributed by atoms with Gasteiger partial charge in [-0.3, -0.25) is 4.72 Å². The van der Waals surface area contributed by atoms with E-state index >= 15 is 0 Å². The first-order chi connectivity index (χ1) is 9.56. The van der Waals surface area contributed by atoms with Gasteiger partial charge in [-0.2, -0.15) is 0 Å². The zero-order valence-electron chi connectivity index (χ0n) is 10.0. The molecule has 0 aliphatic carbocycles. The van der Waals surface area contributed by atoms with Gasteiger partial charge in [0.2, 0.25) is 0 Å². The van der Waals surface area contributed by atoms with Gasteiger partial charge >= 0.3 is 0 Å². The molecular formula is C12H9ClN4O2S. The van der Waals surface area contributed by atoms with Crippen molar-refractivity contribution in [3.8, 4) is 0 Å². The fourth-order valence-corrected chi connectivity index (χ4v) is 3.07. The smallest absolute Gasteiger partial charge is 0.265 e. The molecule has 0 aliphatic rings. The molecule has 20 heavy (non-hydrogen) atoms. The summed E-state index contributed by atoms with van der Waals surface area (Å²) in [6, 6.07) is 6.41. The van der Waals surface area contributed by atoms with Gasteiger partial charge in [0.05, 0.1) is 5.02 Å². The number of halogens is 1. The van der Waals surface area contributed by atoms with E-state index in [1.165, 1.54) is 18.5 Å². The van der Waals surface area contributed by atoms with E-state index < -0.39 is 10.0 Å². The van der Waals surface area contributed by atoms with Crippen LogP contribution in [0.2, 0.25) is 5.02 Å². The molecule has 0 radical (unpaired) electrons. The van der Waals surface area contributed by atoms with Crippen molar-refractivity contribution in [1.82, 2.24) is 15.0 Å². The molecule has 3 rings (SSSR count). The van der Waals surface area contributed by atoms with Crippen LogP contribution < -0.4 is 4.72 Å². The summed E-state index contributed by atoms with van der Waals surface area (Å²) >= 11 is 5.71. The maximum absolute atomic E-state index is 12.3. The number of fused-ring (bicyclic) bond motifs is 1. The Bertz CT molecular complexity index is 859. The Morgan fingerprint density at radius 1 is 1.20 bits per heavy atom. The van der Waals surface area contributed by atoms with E-state index in [0.717, 1.165) is 0 Å². The molecule has 0 aliphatic heterocycles. The summed E-state index contributed by atoms with van der Waals surface area (Å²) in [5.74, 6) is 0.202. The zero-order chi connectivity index (χ0) is 14.2. The first kappa shape index (κ1) is 12.9. The molecule has 0 amide bonds. The van der Waals surface area contributed by atoms with Gasteiger partial charge in [-0.1, -0.05) is 11.6 Å². The third-order valence-electron chi connectivity index (χ3n) is 2.67. The molecule has 0 unspecified atom stereocenters. The second kappa shape index (κ2) is 4.77. The summed E-state index contributed by atoms with van der Waals surface area (Å²) in [6.45, 7) is 0. The lowest BCUT2D eigenvalue weighted by Gasteiger charge is -2.05. The standard InChI is InChI=1S/C12H9ClN4O2S/c13-8-3-4-11(15-6-8)17-20(18,19)10-7-16-12-9(10)2-1-5-14-12/h1-7H,(H,14,16)(H,15,17). The largest absolute Gasteiger partial charge is 0.345 e. The van der Waals surface area contributed by atoms with Crippen molar-refractivity contribution < 1.29 is 8.42 Å². The van der Waals surface area contributed by atoms with Crippen LogP contribution in [0.15, 0.2) is 47.8 Å². The Morgan fingerprint density at radius 3 is 2.80 bits per heavy atom. The molecule has 8 heteroatoms. The molecule has 3 aromatic rings. The predicted octanol–water partition coefficient (Wildman–Crippen LogP) is 2.41. The lowest BCUT2D eigenvalue weighted by Crippen LogP contribution is -2.13. The van der Waals surface area contributed by atoms with Crippen molar-refractivity contribution >= 4 is 38.5 Å². The molecule has 0 saturated carbocycles. The normalized spacial score (nSPS) is 11.7. The quantitative estimate of drug-likeness (QED) is 0.777. The number of anilines is 1. The minimum absolute atomic E-state index is 0.123. The van der Waals surface area contributed by atoms with Gasteiger partial charge in [0.25, 0.3) is 10.0 Å². The van der Waals surface area contributed by atoms with E-state index in [2.05, 4.69) is 19.7 Å². The topological polar surface area (TPSA) is 87.7 Å². The monoisotopic (exact) mass is 308 g/mol. The SMILES string of the molecule is O=S(=O)(Nc1ccc(Cl)cn1)c1c[nH]c2ncccc12. The van der Waals surface area contributed by atoms with Crippen LogP contribution in [0, 0.1) is 0 Å². The second-order valence-electron chi connectivity index (χ2n) is 4.02. The van der Waals surface area contributed by atoms with Crippen molar-refractivity contribution in [3.63, 3.8) is 0 Å². The minimum Gasteiger partial charge on any atom is -0.345 e. The number of pyridine rings is 2. The van der Waals surface area contributed by atoms with Crippen molar-refractivity contribution in [1.29, 1.82) is 0 Å². The highest BCUT2D eigenvalue weighted by Crippen LogP contribution is 2.23. The maximum atomic E-state index is 12.3. The average molecular weight is 309 g/mol. The van der Waals surface area contributed by atoms with Crippen LogP contribution in [0.5, 0.6) is 0 Å². The van der Waals surface area contributed by atoms with Crippen LogP contribution >= 0.6 is 11.6 Å². The zero-order valence-corrected chi connectivity index (χ0v) is 11.6. The Labute approximate surface area is 119 Å². The average Bonchev–Trinajstić information content (AvgIpc) is 2.86. The van der Waals surface area contributed by atoms with Gasteiger partial charge in [-0.05, 0) is 24.3 Å². The lowest BCUT2D eigenvalue weighted by atomic mass is 10.3. The van der Waals surface area contributed by atoms with Gasteiger partial charge in [-0.15, -0.1) is 0 Å². The number of hydrogen-bond donors (Lipinski definition) is 2. The number of nitrogens with one attached hydrogen (secondary N) is 2. The Balaban J connectivity index is 2.01. The molecule has 0 spiro atoms. The molecular weight excluding hydrogens is 300 g/mol. The number of rotatable bonds is 3. The maximum Gasteiger partial charge on any atom is 0.265 e. The van der Waals surface area contributed by atoms with Gasteiger partial charge in [0, 0.05) is 24.0 Å². The van der Waals surface area contributed by atoms with Gasteiger partial charge in [0.15, 0.2) is 0 Å². The molecule has 6 nitrogen and oxygen atoms in total. The number of sulfonamides is 1. The Hall–Kier alpha value is -2.12. The summed E-state index contributed by atoms with van der Waals surface area (Å²) < 4.78 is 27.1. The molecule has 3 heterocycles. The second-order valence-corrected chi connectivity index (χ2v) is 6.11. The van der Waals surface area contributed by atoms with Crippen LogP contribution in [0.4, 0.5) is 5.82 Å². The predicted molar refractivity (Wildman–Crippen MR) is 76.1 cm³/mol. The number of nitrogens with zero attached hydrogens (tertiary/aromatic N) is 2. The molecule has 0 aromatic carbocycles. The van der Waals surface area contributed by atoms with Crippen LogP contribution in [-0.4, -0.2) is 23.4 Å². The van der Waals surface area contributed by atoms with Gasteiger partial charge in [-0.25, -0.2) is 18.4 Å². The first-order valence-electron chi connectivity index (χ1n) is 5.63. The highest BCUT2D eigenvalue weighted by atomic mass is 35.5. The molecule has 3 aromatic heterocycles. The van der Waals surface area contributed by atoms with E-state index in [1.54, 1.807) is 24.4 Å². The van der Waals surface area contributed by atoms with Crippen molar-refractivity contribution in [2.75, 3.05) is 4.72 Å². The molecule has 0 fully saturated rings. The van der Waals surface area contributed by atoms with Crippen molar-refractivity contribution in [3.05, 3.63) is 47.9 Å². The van der Waals surface area contributed by atoms with Crippen molar-refractivity contribution in [2.45, 2.75) is 4.90 Å². The summed E-state index contributed by atoms with van der Waals surface area (Å²) in [6.07, 6.45) is 4.36.